The lowest BCUT2D eigenvalue weighted by Crippen LogP contribution is -2.47. The average molecular weight is 334 g/mol. The highest BCUT2D eigenvalue weighted by atomic mass is 32.2. The first-order chi connectivity index (χ1) is 11.0. The number of rotatable bonds is 3. The van der Waals surface area contributed by atoms with E-state index in [0.717, 1.165) is 10.9 Å². The molecule has 1 aromatic rings. The Kier molecular flexibility index (Phi) is 4.92. The molecule has 124 valence electrons. The number of ether oxygens (including phenoxy) is 2. The first kappa shape index (κ1) is 16.3. The predicted octanol–water partition coefficient (Wildman–Crippen LogP) is 3.13. The van der Waals surface area contributed by atoms with E-state index in [1.54, 1.807) is 11.8 Å². The lowest BCUT2D eigenvalue weighted by molar-refractivity contribution is -0.152. The van der Waals surface area contributed by atoms with Gasteiger partial charge in [-0.2, -0.15) is 0 Å². The molecular formula is C17H22N2O3S. The van der Waals surface area contributed by atoms with Crippen LogP contribution in [0.4, 0.5) is 5.69 Å². The number of carbonyl (C=O) groups excluding carboxylic acids is 1. The van der Waals surface area contributed by atoms with Crippen LogP contribution in [0.1, 0.15) is 20.8 Å². The molecule has 2 heterocycles. The third-order valence-corrected chi connectivity index (χ3v) is 5.57. The van der Waals surface area contributed by atoms with Crippen LogP contribution in [0.3, 0.4) is 0 Å². The van der Waals surface area contributed by atoms with Crippen molar-refractivity contribution < 1.29 is 14.3 Å². The van der Waals surface area contributed by atoms with Gasteiger partial charge in [-0.05, 0) is 24.0 Å². The van der Waals surface area contributed by atoms with Gasteiger partial charge >= 0.3 is 5.97 Å². The van der Waals surface area contributed by atoms with Crippen LogP contribution in [0, 0.1) is 11.8 Å². The fourth-order valence-electron chi connectivity index (χ4n) is 2.92. The lowest BCUT2D eigenvalue weighted by Gasteiger charge is -2.40. The van der Waals surface area contributed by atoms with E-state index in [9.17, 15) is 4.79 Å². The van der Waals surface area contributed by atoms with E-state index in [1.807, 2.05) is 30.3 Å². The maximum atomic E-state index is 11.0. The molecule has 0 bridgehead atoms. The number of nitrogens with zero attached hydrogens (tertiary/aromatic N) is 1. The molecule has 5 atom stereocenters. The van der Waals surface area contributed by atoms with E-state index in [2.05, 4.69) is 19.2 Å². The molecule has 0 saturated carbocycles. The second kappa shape index (κ2) is 6.93. The van der Waals surface area contributed by atoms with Gasteiger partial charge in [0.15, 0.2) is 5.17 Å². The fraction of sp³-hybridized carbons (Fsp3) is 0.529. The predicted molar refractivity (Wildman–Crippen MR) is 92.5 cm³/mol. The molecule has 0 unspecified atom stereocenters. The third-order valence-electron chi connectivity index (χ3n) is 4.51. The van der Waals surface area contributed by atoms with E-state index in [1.165, 1.54) is 6.92 Å². The van der Waals surface area contributed by atoms with Crippen LogP contribution in [0.25, 0.3) is 0 Å². The van der Waals surface area contributed by atoms with Gasteiger partial charge in [0.05, 0.1) is 12.1 Å². The van der Waals surface area contributed by atoms with Crippen molar-refractivity contribution in [3.8, 4) is 0 Å². The van der Waals surface area contributed by atoms with Gasteiger partial charge < -0.3 is 14.8 Å². The van der Waals surface area contributed by atoms with Crippen molar-refractivity contribution in [1.82, 2.24) is 0 Å². The molecule has 1 N–H and O–H groups in total. The Morgan fingerprint density at radius 2 is 2.04 bits per heavy atom. The minimum Gasteiger partial charge on any atom is -0.463 e. The normalized spacial score (nSPS) is 32.8. The molecule has 1 fully saturated rings. The van der Waals surface area contributed by atoms with Gasteiger partial charge in [-0.1, -0.05) is 43.8 Å². The number of fused-ring (bicyclic) bond motifs is 1. The van der Waals surface area contributed by atoms with Crippen molar-refractivity contribution in [3.05, 3.63) is 30.3 Å². The average Bonchev–Trinajstić information content (AvgIpc) is 2.93. The Balaban J connectivity index is 1.65. The summed E-state index contributed by atoms with van der Waals surface area (Å²) >= 11 is 1.61. The van der Waals surface area contributed by atoms with Crippen molar-refractivity contribution in [2.45, 2.75) is 38.4 Å². The summed E-state index contributed by atoms with van der Waals surface area (Å²) in [6, 6.07) is 10.1. The molecule has 0 aromatic heterocycles. The molecule has 2 aliphatic rings. The third kappa shape index (κ3) is 3.70. The highest BCUT2D eigenvalue weighted by Crippen LogP contribution is 2.41. The molecule has 0 radical (unpaired) electrons. The van der Waals surface area contributed by atoms with Gasteiger partial charge in [-0.3, -0.25) is 9.79 Å². The van der Waals surface area contributed by atoms with Crippen molar-refractivity contribution in [2.24, 2.45) is 16.8 Å². The maximum Gasteiger partial charge on any atom is 0.302 e. The Morgan fingerprint density at radius 1 is 1.30 bits per heavy atom. The zero-order valence-corrected chi connectivity index (χ0v) is 14.4. The van der Waals surface area contributed by atoms with E-state index < -0.39 is 0 Å². The number of amidine groups is 1. The lowest BCUT2D eigenvalue weighted by atomic mass is 9.83. The monoisotopic (exact) mass is 334 g/mol. The molecule has 23 heavy (non-hydrogen) atoms. The van der Waals surface area contributed by atoms with E-state index >= 15 is 0 Å². The molecule has 0 amide bonds. The van der Waals surface area contributed by atoms with Crippen molar-refractivity contribution in [2.75, 3.05) is 11.9 Å². The van der Waals surface area contributed by atoms with Crippen LogP contribution in [0.5, 0.6) is 0 Å². The van der Waals surface area contributed by atoms with Crippen molar-refractivity contribution in [3.63, 3.8) is 0 Å². The smallest absolute Gasteiger partial charge is 0.302 e. The van der Waals surface area contributed by atoms with Gasteiger partial charge in [0.1, 0.15) is 12.0 Å². The molecule has 2 aliphatic heterocycles. The molecule has 1 aromatic carbocycles. The van der Waals surface area contributed by atoms with Crippen LogP contribution < -0.4 is 5.32 Å². The summed E-state index contributed by atoms with van der Waals surface area (Å²) < 4.78 is 11.3. The SMILES string of the molecule is CC(=O)OC[C@H]1O[C@@H]2SC(Nc3ccccc3)=N[C@@H]2[C@@H](C)[C@@H]1C. The summed E-state index contributed by atoms with van der Waals surface area (Å²) in [6.45, 7) is 6.07. The molecule has 0 spiro atoms. The van der Waals surface area contributed by atoms with Gasteiger partial charge in [-0.15, -0.1) is 0 Å². The number of para-hydroxylation sites is 1. The zero-order valence-electron chi connectivity index (χ0n) is 13.6. The summed E-state index contributed by atoms with van der Waals surface area (Å²) in [5.74, 6) is 0.394. The number of carbonyl (C=O) groups is 1. The van der Waals surface area contributed by atoms with Crippen LogP contribution >= 0.6 is 11.8 Å². The fourth-order valence-corrected chi connectivity index (χ4v) is 4.15. The van der Waals surface area contributed by atoms with E-state index in [-0.39, 0.29) is 29.5 Å². The number of anilines is 1. The minimum absolute atomic E-state index is 0.0204. The number of thioether (sulfide) groups is 1. The molecule has 0 aliphatic carbocycles. The standard InChI is InChI=1S/C17H22N2O3S/c1-10-11(2)15-16(22-14(10)9-21-12(3)20)23-17(19-15)18-13-7-5-4-6-8-13/h4-8,10-11,14-16H,9H2,1-3H3,(H,18,19)/t10-,11-,14+,15+,16+/m0/s1. The summed E-state index contributed by atoms with van der Waals surface area (Å²) in [4.78, 5) is 15.8. The molecule has 1 saturated heterocycles. The Hall–Kier alpha value is -1.53. The number of hydrogen-bond acceptors (Lipinski definition) is 6. The number of hydrogen-bond donors (Lipinski definition) is 1. The first-order valence-electron chi connectivity index (χ1n) is 7.90. The van der Waals surface area contributed by atoms with Crippen LogP contribution in [0.2, 0.25) is 0 Å². The van der Waals surface area contributed by atoms with Crippen molar-refractivity contribution in [1.29, 1.82) is 0 Å². The van der Waals surface area contributed by atoms with Crippen molar-refractivity contribution >= 4 is 28.6 Å². The second-order valence-electron chi connectivity index (χ2n) is 6.10. The highest BCUT2D eigenvalue weighted by molar-refractivity contribution is 8.14. The van der Waals surface area contributed by atoms with Crippen LogP contribution in [-0.4, -0.2) is 35.3 Å². The van der Waals surface area contributed by atoms with E-state index in [0.29, 0.717) is 12.5 Å². The number of aliphatic imine (C=N–C) groups is 1. The first-order valence-corrected chi connectivity index (χ1v) is 8.78. The maximum absolute atomic E-state index is 11.0. The van der Waals surface area contributed by atoms with Crippen LogP contribution in [-0.2, 0) is 14.3 Å². The second-order valence-corrected chi connectivity index (χ2v) is 7.18. The number of nitrogens with one attached hydrogen (secondary N) is 1. The van der Waals surface area contributed by atoms with Crippen LogP contribution in [0.15, 0.2) is 35.3 Å². The van der Waals surface area contributed by atoms with Gasteiger partial charge in [0.2, 0.25) is 0 Å². The quantitative estimate of drug-likeness (QED) is 0.861. The number of esters is 1. The van der Waals surface area contributed by atoms with Gasteiger partial charge in [0, 0.05) is 12.6 Å². The zero-order chi connectivity index (χ0) is 16.4. The highest BCUT2D eigenvalue weighted by Gasteiger charge is 2.45. The summed E-state index contributed by atoms with van der Waals surface area (Å²) in [5.41, 5.74) is 1.00. The number of benzene rings is 1. The molecule has 6 heteroatoms. The Bertz CT molecular complexity index is 593. The molecule has 5 nitrogen and oxygen atoms in total. The Morgan fingerprint density at radius 3 is 2.74 bits per heavy atom. The summed E-state index contributed by atoms with van der Waals surface area (Å²) in [7, 11) is 0. The Labute approximate surface area is 140 Å². The summed E-state index contributed by atoms with van der Waals surface area (Å²) in [5, 5.41) is 4.23. The topological polar surface area (TPSA) is 59.9 Å². The largest absolute Gasteiger partial charge is 0.463 e. The van der Waals surface area contributed by atoms with Gasteiger partial charge in [-0.25, -0.2) is 0 Å². The molecule has 3 rings (SSSR count). The van der Waals surface area contributed by atoms with Gasteiger partial charge in [0.25, 0.3) is 0 Å². The minimum atomic E-state index is -0.266. The molecular weight excluding hydrogens is 312 g/mol. The summed E-state index contributed by atoms with van der Waals surface area (Å²) in [6.07, 6.45) is -0.0751. The van der Waals surface area contributed by atoms with E-state index in [4.69, 9.17) is 14.5 Å².